The zero-order valence-corrected chi connectivity index (χ0v) is 6.79. The molecular weight excluding hydrogens is 142 g/mol. The summed E-state index contributed by atoms with van der Waals surface area (Å²) in [5.74, 6) is 0. The van der Waals surface area contributed by atoms with E-state index < -0.39 is 5.60 Å². The van der Waals surface area contributed by atoms with Gasteiger partial charge < -0.3 is 15.5 Å². The van der Waals surface area contributed by atoms with Crippen molar-refractivity contribution in [2.45, 2.75) is 12.5 Å². The molecule has 1 aromatic rings. The Balaban J connectivity index is 2.87. The van der Waals surface area contributed by atoms with E-state index in [1.807, 2.05) is 6.92 Å². The smallest absolute Gasteiger partial charge is 0.118 e. The number of nitrogens with one attached hydrogen (secondary N) is 1. The highest BCUT2D eigenvalue weighted by molar-refractivity contribution is 5.07. The molecule has 4 heteroatoms. The van der Waals surface area contributed by atoms with E-state index in [0.29, 0.717) is 6.54 Å². The van der Waals surface area contributed by atoms with E-state index in [0.717, 1.165) is 5.69 Å². The summed E-state index contributed by atoms with van der Waals surface area (Å²) >= 11 is 0. The first-order valence-electron chi connectivity index (χ1n) is 3.47. The first kappa shape index (κ1) is 8.23. The number of imidazole rings is 1. The second-order valence-electron chi connectivity index (χ2n) is 2.60. The fourth-order valence-electron chi connectivity index (χ4n) is 0.848. The molecule has 4 nitrogen and oxygen atoms in total. The van der Waals surface area contributed by atoms with Crippen molar-refractivity contribution >= 4 is 0 Å². The number of aromatic nitrogens is 2. The second-order valence-corrected chi connectivity index (χ2v) is 2.60. The van der Waals surface area contributed by atoms with Gasteiger partial charge >= 0.3 is 0 Å². The molecule has 3 N–H and O–H groups in total. The Bertz CT molecular complexity index is 203. The van der Waals surface area contributed by atoms with Crippen molar-refractivity contribution in [2.24, 2.45) is 5.73 Å². The zero-order valence-electron chi connectivity index (χ0n) is 6.79. The van der Waals surface area contributed by atoms with Crippen LogP contribution in [0.4, 0.5) is 0 Å². The van der Waals surface area contributed by atoms with Crippen LogP contribution in [0.5, 0.6) is 0 Å². The number of nitrogens with zero attached hydrogens (tertiary/aromatic N) is 1. The summed E-state index contributed by atoms with van der Waals surface area (Å²) in [7, 11) is 1.63. The molecule has 0 amide bonds. The lowest BCUT2D eigenvalue weighted by molar-refractivity contribution is 0.00675. The average Bonchev–Trinajstić information content (AvgIpc) is 2.55. The minimum Gasteiger partial charge on any atom is -0.371 e. The molecule has 1 rings (SSSR count). The van der Waals surface area contributed by atoms with Gasteiger partial charge in [-0.25, -0.2) is 4.98 Å². The first-order valence-corrected chi connectivity index (χ1v) is 3.47. The summed E-state index contributed by atoms with van der Waals surface area (Å²) in [4.78, 5) is 6.86. The molecule has 1 heterocycles. The molecule has 0 saturated carbocycles. The summed E-state index contributed by atoms with van der Waals surface area (Å²) < 4.78 is 5.24. The van der Waals surface area contributed by atoms with Crippen LogP contribution >= 0.6 is 0 Å². The van der Waals surface area contributed by atoms with Crippen molar-refractivity contribution < 1.29 is 4.74 Å². The normalized spacial score (nSPS) is 16.3. The van der Waals surface area contributed by atoms with Gasteiger partial charge in [0, 0.05) is 13.7 Å². The predicted octanol–water partition coefficient (Wildman–Crippen LogP) is 0.230. The number of rotatable bonds is 3. The van der Waals surface area contributed by atoms with Crippen LogP contribution in [0.25, 0.3) is 0 Å². The predicted molar refractivity (Wildman–Crippen MR) is 42.0 cm³/mol. The van der Waals surface area contributed by atoms with Crippen molar-refractivity contribution in [3.63, 3.8) is 0 Å². The highest BCUT2D eigenvalue weighted by Crippen LogP contribution is 2.19. The van der Waals surface area contributed by atoms with Crippen LogP contribution in [0.15, 0.2) is 12.5 Å². The number of ether oxygens (including phenoxy) is 1. The Kier molecular flexibility index (Phi) is 2.26. The second kappa shape index (κ2) is 3.02. The van der Waals surface area contributed by atoms with E-state index in [1.165, 1.54) is 0 Å². The number of methoxy groups -OCH3 is 1. The van der Waals surface area contributed by atoms with E-state index in [1.54, 1.807) is 19.6 Å². The van der Waals surface area contributed by atoms with Crippen LogP contribution < -0.4 is 5.73 Å². The lowest BCUT2D eigenvalue weighted by Crippen LogP contribution is -2.34. The molecule has 0 aliphatic rings. The Morgan fingerprint density at radius 1 is 1.82 bits per heavy atom. The SMILES string of the molecule is COC(C)(CN)c1cnc[nH]1. The van der Waals surface area contributed by atoms with Gasteiger partial charge in [-0.3, -0.25) is 0 Å². The van der Waals surface area contributed by atoms with Crippen molar-refractivity contribution in [3.8, 4) is 0 Å². The summed E-state index contributed by atoms with van der Waals surface area (Å²) in [5.41, 5.74) is 6.01. The number of H-pyrrole nitrogens is 1. The van der Waals surface area contributed by atoms with Crippen LogP contribution in [0.1, 0.15) is 12.6 Å². The topological polar surface area (TPSA) is 63.9 Å². The third kappa shape index (κ3) is 1.41. The van der Waals surface area contributed by atoms with E-state index in [-0.39, 0.29) is 0 Å². The first-order chi connectivity index (χ1) is 5.23. The monoisotopic (exact) mass is 155 g/mol. The maximum Gasteiger partial charge on any atom is 0.118 e. The highest BCUT2D eigenvalue weighted by Gasteiger charge is 2.25. The Morgan fingerprint density at radius 2 is 2.55 bits per heavy atom. The van der Waals surface area contributed by atoms with Gasteiger partial charge in [0.25, 0.3) is 0 Å². The summed E-state index contributed by atoms with van der Waals surface area (Å²) in [6.07, 6.45) is 3.33. The van der Waals surface area contributed by atoms with Gasteiger partial charge in [-0.05, 0) is 6.92 Å². The molecule has 0 spiro atoms. The Morgan fingerprint density at radius 3 is 2.91 bits per heavy atom. The lowest BCUT2D eigenvalue weighted by Gasteiger charge is -2.24. The minimum atomic E-state index is -0.434. The molecule has 0 saturated heterocycles. The van der Waals surface area contributed by atoms with Gasteiger partial charge in [0.1, 0.15) is 5.60 Å². The molecule has 0 bridgehead atoms. The van der Waals surface area contributed by atoms with Crippen LogP contribution in [0, 0.1) is 0 Å². The summed E-state index contributed by atoms with van der Waals surface area (Å²) in [6.45, 7) is 2.35. The standard InChI is InChI=1S/C7H13N3O/c1-7(4-8,11-2)6-3-9-5-10-6/h3,5H,4,8H2,1-2H3,(H,9,10). The highest BCUT2D eigenvalue weighted by atomic mass is 16.5. The average molecular weight is 155 g/mol. The van der Waals surface area contributed by atoms with Gasteiger partial charge in [0.05, 0.1) is 18.2 Å². The molecule has 0 aromatic carbocycles. The Labute approximate surface area is 65.8 Å². The van der Waals surface area contributed by atoms with Gasteiger partial charge in [-0.15, -0.1) is 0 Å². The molecule has 62 valence electrons. The fraction of sp³-hybridized carbons (Fsp3) is 0.571. The number of hydrogen-bond acceptors (Lipinski definition) is 3. The maximum atomic E-state index is 5.54. The van der Waals surface area contributed by atoms with Crippen LogP contribution in [0.2, 0.25) is 0 Å². The van der Waals surface area contributed by atoms with E-state index in [2.05, 4.69) is 9.97 Å². The zero-order chi connectivity index (χ0) is 8.32. The summed E-state index contributed by atoms with van der Waals surface area (Å²) in [6, 6.07) is 0. The van der Waals surface area contributed by atoms with Gasteiger partial charge in [-0.2, -0.15) is 0 Å². The molecular formula is C7H13N3O. The lowest BCUT2D eigenvalue weighted by atomic mass is 10.0. The van der Waals surface area contributed by atoms with Crippen LogP contribution in [-0.2, 0) is 10.3 Å². The maximum absolute atomic E-state index is 5.54. The molecule has 1 unspecified atom stereocenters. The van der Waals surface area contributed by atoms with Gasteiger partial charge in [-0.1, -0.05) is 0 Å². The van der Waals surface area contributed by atoms with Gasteiger partial charge in [0.15, 0.2) is 0 Å². The molecule has 1 aromatic heterocycles. The molecule has 1 atom stereocenters. The van der Waals surface area contributed by atoms with E-state index in [9.17, 15) is 0 Å². The molecule has 11 heavy (non-hydrogen) atoms. The Hall–Kier alpha value is -0.870. The van der Waals surface area contributed by atoms with Crippen molar-refractivity contribution in [3.05, 3.63) is 18.2 Å². The van der Waals surface area contributed by atoms with Gasteiger partial charge in [0.2, 0.25) is 0 Å². The third-order valence-electron chi connectivity index (χ3n) is 1.91. The minimum absolute atomic E-state index is 0.434. The van der Waals surface area contributed by atoms with Crippen molar-refractivity contribution in [1.82, 2.24) is 9.97 Å². The van der Waals surface area contributed by atoms with Crippen molar-refractivity contribution in [2.75, 3.05) is 13.7 Å². The number of aromatic amines is 1. The van der Waals surface area contributed by atoms with Crippen molar-refractivity contribution in [1.29, 1.82) is 0 Å². The molecule has 0 aliphatic carbocycles. The quantitative estimate of drug-likeness (QED) is 0.656. The van der Waals surface area contributed by atoms with Crippen LogP contribution in [0.3, 0.4) is 0 Å². The summed E-state index contributed by atoms with van der Waals surface area (Å²) in [5, 5.41) is 0. The van der Waals surface area contributed by atoms with E-state index >= 15 is 0 Å². The fourth-order valence-corrected chi connectivity index (χ4v) is 0.848. The molecule has 0 radical (unpaired) electrons. The molecule has 0 aliphatic heterocycles. The number of hydrogen-bond donors (Lipinski definition) is 2. The van der Waals surface area contributed by atoms with E-state index in [4.69, 9.17) is 10.5 Å². The largest absolute Gasteiger partial charge is 0.371 e. The van der Waals surface area contributed by atoms with Crippen LogP contribution in [-0.4, -0.2) is 23.6 Å². The molecule has 0 fully saturated rings. The third-order valence-corrected chi connectivity index (χ3v) is 1.91. The number of nitrogens with two attached hydrogens (primary N) is 1.